The molecule has 0 unspecified atom stereocenters. The molecule has 5 heteroatoms. The molecule has 0 spiro atoms. The lowest BCUT2D eigenvalue weighted by atomic mass is 10.1. The van der Waals surface area contributed by atoms with Gasteiger partial charge in [-0.15, -0.1) is 11.3 Å². The minimum atomic E-state index is 0.0110. The SMILES string of the molecule is Cc1ccc2c(N)c(C(=O)N(CC(C)C)C(C)C)sc2n1. The maximum absolute atomic E-state index is 12.8. The smallest absolute Gasteiger partial charge is 0.266 e. The molecule has 0 bridgehead atoms. The first-order valence-corrected chi connectivity index (χ1v) is 8.09. The van der Waals surface area contributed by atoms with E-state index in [2.05, 4.69) is 18.8 Å². The molecule has 0 fully saturated rings. The second-order valence-electron chi connectivity index (χ2n) is 6.10. The van der Waals surface area contributed by atoms with Crippen molar-refractivity contribution in [2.24, 2.45) is 5.92 Å². The summed E-state index contributed by atoms with van der Waals surface area (Å²) >= 11 is 1.39. The van der Waals surface area contributed by atoms with E-state index in [1.165, 1.54) is 11.3 Å². The van der Waals surface area contributed by atoms with Crippen LogP contribution in [0.3, 0.4) is 0 Å². The summed E-state index contributed by atoms with van der Waals surface area (Å²) in [4.78, 5) is 20.6. The molecule has 2 heterocycles. The van der Waals surface area contributed by atoms with Crippen molar-refractivity contribution in [1.29, 1.82) is 0 Å². The number of nitrogens with zero attached hydrogens (tertiary/aromatic N) is 2. The van der Waals surface area contributed by atoms with Gasteiger partial charge in [0.05, 0.1) is 5.69 Å². The van der Waals surface area contributed by atoms with Crippen molar-refractivity contribution in [1.82, 2.24) is 9.88 Å². The number of thiophene rings is 1. The predicted molar refractivity (Wildman–Crippen MR) is 89.8 cm³/mol. The van der Waals surface area contributed by atoms with Gasteiger partial charge in [0, 0.05) is 23.7 Å². The van der Waals surface area contributed by atoms with Crippen LogP contribution in [0.4, 0.5) is 5.69 Å². The van der Waals surface area contributed by atoms with Gasteiger partial charge in [0.15, 0.2) is 0 Å². The Bertz CT molecular complexity index is 661. The molecule has 2 rings (SSSR count). The minimum absolute atomic E-state index is 0.0110. The number of aryl methyl sites for hydroxylation is 1. The van der Waals surface area contributed by atoms with E-state index in [0.29, 0.717) is 16.5 Å². The third-order valence-corrected chi connectivity index (χ3v) is 4.48. The molecule has 0 aliphatic carbocycles. The minimum Gasteiger partial charge on any atom is -0.397 e. The van der Waals surface area contributed by atoms with Crippen LogP contribution in [0.25, 0.3) is 10.2 Å². The van der Waals surface area contributed by atoms with Gasteiger partial charge in [0.2, 0.25) is 0 Å². The topological polar surface area (TPSA) is 59.2 Å². The molecule has 2 N–H and O–H groups in total. The van der Waals surface area contributed by atoms with Crippen LogP contribution in [0.5, 0.6) is 0 Å². The highest BCUT2D eigenvalue weighted by Gasteiger charge is 2.25. The van der Waals surface area contributed by atoms with Crippen molar-refractivity contribution in [2.75, 3.05) is 12.3 Å². The first-order chi connectivity index (χ1) is 9.81. The van der Waals surface area contributed by atoms with Crippen molar-refractivity contribution in [3.8, 4) is 0 Å². The molecule has 0 saturated heterocycles. The average molecular weight is 305 g/mol. The monoisotopic (exact) mass is 305 g/mol. The van der Waals surface area contributed by atoms with E-state index >= 15 is 0 Å². The Morgan fingerprint density at radius 1 is 1.33 bits per heavy atom. The van der Waals surface area contributed by atoms with Gasteiger partial charge in [-0.2, -0.15) is 0 Å². The fraction of sp³-hybridized carbons (Fsp3) is 0.500. The number of nitrogen functional groups attached to an aromatic ring is 1. The highest BCUT2D eigenvalue weighted by Crippen LogP contribution is 2.33. The van der Waals surface area contributed by atoms with Gasteiger partial charge in [-0.25, -0.2) is 4.98 Å². The molecular formula is C16H23N3OS. The number of fused-ring (bicyclic) bond motifs is 1. The molecule has 2 aromatic rings. The lowest BCUT2D eigenvalue weighted by Crippen LogP contribution is -2.39. The number of rotatable bonds is 4. The highest BCUT2D eigenvalue weighted by atomic mass is 32.1. The average Bonchev–Trinajstić information content (AvgIpc) is 2.71. The summed E-state index contributed by atoms with van der Waals surface area (Å²) in [5, 5.41) is 0.877. The first kappa shape index (κ1) is 15.8. The third-order valence-electron chi connectivity index (χ3n) is 3.37. The van der Waals surface area contributed by atoms with E-state index in [4.69, 9.17) is 5.73 Å². The predicted octanol–water partition coefficient (Wildman–Crippen LogP) is 3.69. The quantitative estimate of drug-likeness (QED) is 0.937. The van der Waals surface area contributed by atoms with Gasteiger partial charge in [0.1, 0.15) is 9.71 Å². The molecule has 2 aromatic heterocycles. The van der Waals surface area contributed by atoms with Gasteiger partial charge in [-0.05, 0) is 38.8 Å². The van der Waals surface area contributed by atoms with E-state index in [9.17, 15) is 4.79 Å². The van der Waals surface area contributed by atoms with Crippen LogP contribution in [0.15, 0.2) is 12.1 Å². The Kier molecular flexibility index (Phi) is 4.52. The number of nitrogens with two attached hydrogens (primary N) is 1. The number of amides is 1. The third kappa shape index (κ3) is 3.18. The number of aromatic nitrogens is 1. The van der Waals surface area contributed by atoms with Crippen LogP contribution in [-0.4, -0.2) is 28.4 Å². The van der Waals surface area contributed by atoms with Crippen LogP contribution >= 0.6 is 11.3 Å². The molecular weight excluding hydrogens is 282 g/mol. The molecule has 0 atom stereocenters. The lowest BCUT2D eigenvalue weighted by Gasteiger charge is -2.28. The number of hydrogen-bond donors (Lipinski definition) is 1. The second-order valence-corrected chi connectivity index (χ2v) is 7.09. The van der Waals surface area contributed by atoms with Gasteiger partial charge in [-0.3, -0.25) is 4.79 Å². The molecule has 1 amide bonds. The van der Waals surface area contributed by atoms with Crippen molar-refractivity contribution < 1.29 is 4.79 Å². The van der Waals surface area contributed by atoms with Gasteiger partial charge >= 0.3 is 0 Å². The van der Waals surface area contributed by atoms with Crippen molar-refractivity contribution in [3.05, 3.63) is 22.7 Å². The molecule has 0 aliphatic rings. The molecule has 114 valence electrons. The van der Waals surface area contributed by atoms with E-state index in [1.54, 1.807) is 0 Å². The van der Waals surface area contributed by atoms with Crippen LogP contribution in [0, 0.1) is 12.8 Å². The number of hydrogen-bond acceptors (Lipinski definition) is 4. The molecule has 21 heavy (non-hydrogen) atoms. The van der Waals surface area contributed by atoms with Crippen LogP contribution < -0.4 is 5.73 Å². The standard InChI is InChI=1S/C16H23N3OS/c1-9(2)8-19(10(3)4)16(20)14-13(17)12-7-6-11(5)18-15(12)21-14/h6-7,9-10H,8,17H2,1-5H3. The largest absolute Gasteiger partial charge is 0.397 e. The van der Waals surface area contributed by atoms with E-state index in [1.807, 2.05) is 37.8 Å². The summed E-state index contributed by atoms with van der Waals surface area (Å²) in [5.74, 6) is 0.434. The molecule has 0 radical (unpaired) electrons. The lowest BCUT2D eigenvalue weighted by molar-refractivity contribution is 0.0688. The zero-order valence-electron chi connectivity index (χ0n) is 13.3. The Hall–Kier alpha value is -1.62. The summed E-state index contributed by atoms with van der Waals surface area (Å²) in [5.41, 5.74) is 7.67. The van der Waals surface area contributed by atoms with E-state index in [-0.39, 0.29) is 11.9 Å². The number of pyridine rings is 1. The molecule has 0 aromatic carbocycles. The summed E-state index contributed by atoms with van der Waals surface area (Å²) in [6.45, 7) is 11.0. The fourth-order valence-electron chi connectivity index (χ4n) is 2.30. The fourth-order valence-corrected chi connectivity index (χ4v) is 3.40. The summed E-state index contributed by atoms with van der Waals surface area (Å²) in [6.07, 6.45) is 0. The van der Waals surface area contributed by atoms with Crippen molar-refractivity contribution in [3.63, 3.8) is 0 Å². The Morgan fingerprint density at radius 2 is 2.00 bits per heavy atom. The van der Waals surface area contributed by atoms with Crippen LogP contribution in [0.1, 0.15) is 43.1 Å². The molecule has 4 nitrogen and oxygen atoms in total. The normalized spacial score (nSPS) is 11.6. The van der Waals surface area contributed by atoms with Gasteiger partial charge in [0.25, 0.3) is 5.91 Å². The van der Waals surface area contributed by atoms with Gasteiger partial charge in [-0.1, -0.05) is 13.8 Å². The summed E-state index contributed by atoms with van der Waals surface area (Å²) < 4.78 is 0. The Balaban J connectivity index is 2.44. The summed E-state index contributed by atoms with van der Waals surface area (Å²) in [7, 11) is 0. The Morgan fingerprint density at radius 3 is 2.57 bits per heavy atom. The molecule has 0 aliphatic heterocycles. The maximum atomic E-state index is 12.8. The van der Waals surface area contributed by atoms with Crippen molar-refractivity contribution in [2.45, 2.75) is 40.7 Å². The molecule has 0 saturated carbocycles. The first-order valence-electron chi connectivity index (χ1n) is 7.27. The van der Waals surface area contributed by atoms with Gasteiger partial charge < -0.3 is 10.6 Å². The highest BCUT2D eigenvalue weighted by molar-refractivity contribution is 7.21. The summed E-state index contributed by atoms with van der Waals surface area (Å²) in [6, 6.07) is 4.02. The zero-order chi connectivity index (χ0) is 15.7. The van der Waals surface area contributed by atoms with Crippen LogP contribution in [0.2, 0.25) is 0 Å². The number of carbonyl (C=O) groups excluding carboxylic acids is 1. The van der Waals surface area contributed by atoms with Crippen molar-refractivity contribution >= 4 is 33.1 Å². The second kappa shape index (κ2) is 6.02. The van der Waals surface area contributed by atoms with Crippen LogP contribution in [-0.2, 0) is 0 Å². The number of carbonyl (C=O) groups is 1. The van der Waals surface area contributed by atoms with E-state index < -0.39 is 0 Å². The maximum Gasteiger partial charge on any atom is 0.266 e. The number of anilines is 1. The zero-order valence-corrected chi connectivity index (χ0v) is 14.1. The van der Waals surface area contributed by atoms with E-state index in [0.717, 1.165) is 22.5 Å². The Labute approximate surface area is 130 Å².